The molecule has 1 aromatic carbocycles. The Hall–Kier alpha value is -1.66. The van der Waals surface area contributed by atoms with Crippen LogP contribution in [0.1, 0.15) is 28.4 Å². The average Bonchev–Trinajstić information content (AvgIpc) is 2.63. The number of rotatable bonds is 4. The lowest BCUT2D eigenvalue weighted by Crippen LogP contribution is -2.23. The van der Waals surface area contributed by atoms with E-state index in [4.69, 9.17) is 11.6 Å². The number of sulfone groups is 1. The molecule has 0 aromatic heterocycles. The molecule has 2 rings (SSSR count). The molecule has 1 aromatic rings. The van der Waals surface area contributed by atoms with E-state index < -0.39 is 15.1 Å². The molecule has 23 heavy (non-hydrogen) atoms. The summed E-state index contributed by atoms with van der Waals surface area (Å²) in [7, 11) is -3.42. The molecule has 124 valence electrons. The van der Waals surface area contributed by atoms with Gasteiger partial charge in [-0.15, -0.1) is 0 Å². The van der Waals surface area contributed by atoms with Gasteiger partial charge in [0.15, 0.2) is 9.84 Å². The van der Waals surface area contributed by atoms with Gasteiger partial charge in [0.1, 0.15) is 0 Å². The summed E-state index contributed by atoms with van der Waals surface area (Å²) in [6.07, 6.45) is 6.74. The van der Waals surface area contributed by atoms with Crippen LogP contribution in [0.5, 0.6) is 0 Å². The maximum atomic E-state index is 12.1. The van der Waals surface area contributed by atoms with Crippen LogP contribution in [0.15, 0.2) is 34.3 Å². The monoisotopic (exact) mass is 354 g/mol. The van der Waals surface area contributed by atoms with Crippen molar-refractivity contribution in [3.8, 4) is 0 Å². The van der Waals surface area contributed by atoms with E-state index in [1.165, 1.54) is 12.1 Å². The van der Waals surface area contributed by atoms with Crippen molar-refractivity contribution in [1.29, 1.82) is 0 Å². The second-order valence-electron chi connectivity index (χ2n) is 5.73. The van der Waals surface area contributed by atoms with E-state index in [0.717, 1.165) is 6.26 Å². The molecular formula is C16H19ClN2O3S. The minimum Gasteiger partial charge on any atom is -0.292 e. The SMILES string of the molecule is Cc1c(C(=O)Cl)ccc(S(C)(=O)=O)c1CN1CC(C)C=CC=N1. The van der Waals surface area contributed by atoms with Gasteiger partial charge >= 0.3 is 0 Å². The topological polar surface area (TPSA) is 66.8 Å². The van der Waals surface area contributed by atoms with Crippen LogP contribution in [0.2, 0.25) is 0 Å². The van der Waals surface area contributed by atoms with Gasteiger partial charge in [-0.25, -0.2) is 8.42 Å². The first-order valence-electron chi connectivity index (χ1n) is 7.18. The van der Waals surface area contributed by atoms with Gasteiger partial charge < -0.3 is 0 Å². The van der Waals surface area contributed by atoms with Crippen molar-refractivity contribution in [2.75, 3.05) is 12.8 Å². The minimum absolute atomic E-state index is 0.205. The number of nitrogens with zero attached hydrogens (tertiary/aromatic N) is 2. The van der Waals surface area contributed by atoms with E-state index in [0.29, 0.717) is 29.8 Å². The summed E-state index contributed by atoms with van der Waals surface area (Å²) in [5.41, 5.74) is 1.46. The van der Waals surface area contributed by atoms with Crippen LogP contribution in [0, 0.1) is 12.8 Å². The zero-order valence-electron chi connectivity index (χ0n) is 13.3. The largest absolute Gasteiger partial charge is 0.292 e. The van der Waals surface area contributed by atoms with Crippen molar-refractivity contribution >= 4 is 32.9 Å². The van der Waals surface area contributed by atoms with Gasteiger partial charge in [-0.3, -0.25) is 9.80 Å². The third kappa shape index (κ3) is 4.20. The molecule has 5 nitrogen and oxygen atoms in total. The summed E-state index contributed by atoms with van der Waals surface area (Å²) in [4.78, 5) is 11.7. The van der Waals surface area contributed by atoms with E-state index in [2.05, 4.69) is 12.0 Å². The maximum absolute atomic E-state index is 12.1. The lowest BCUT2D eigenvalue weighted by Gasteiger charge is -2.23. The van der Waals surface area contributed by atoms with Crippen LogP contribution in [-0.2, 0) is 16.4 Å². The van der Waals surface area contributed by atoms with Gasteiger partial charge in [0.25, 0.3) is 5.24 Å². The molecule has 1 aliphatic heterocycles. The van der Waals surface area contributed by atoms with Crippen LogP contribution in [0.3, 0.4) is 0 Å². The predicted molar refractivity (Wildman–Crippen MR) is 91.7 cm³/mol. The highest BCUT2D eigenvalue weighted by Gasteiger charge is 2.21. The maximum Gasteiger partial charge on any atom is 0.252 e. The molecule has 0 saturated carbocycles. The Balaban J connectivity index is 2.50. The molecule has 7 heteroatoms. The average molecular weight is 355 g/mol. The number of allylic oxidation sites excluding steroid dienone is 1. The van der Waals surface area contributed by atoms with E-state index >= 15 is 0 Å². The van der Waals surface area contributed by atoms with Gasteiger partial charge in [-0.1, -0.05) is 13.0 Å². The lowest BCUT2D eigenvalue weighted by atomic mass is 10.0. The van der Waals surface area contributed by atoms with Crippen molar-refractivity contribution in [3.63, 3.8) is 0 Å². The van der Waals surface area contributed by atoms with Crippen LogP contribution >= 0.6 is 11.6 Å². The Morgan fingerprint density at radius 1 is 1.43 bits per heavy atom. The van der Waals surface area contributed by atoms with Crippen molar-refractivity contribution in [2.24, 2.45) is 11.0 Å². The highest BCUT2D eigenvalue weighted by atomic mass is 35.5. The fourth-order valence-corrected chi connectivity index (χ4v) is 3.77. The molecule has 0 N–H and O–H groups in total. The highest BCUT2D eigenvalue weighted by molar-refractivity contribution is 7.90. The number of carbonyl (C=O) groups is 1. The molecule has 0 amide bonds. The summed E-state index contributed by atoms with van der Waals surface area (Å²) in [5, 5.41) is 5.51. The van der Waals surface area contributed by atoms with Crippen LogP contribution in [0.4, 0.5) is 0 Å². The summed E-state index contributed by atoms with van der Waals surface area (Å²) >= 11 is 5.60. The molecule has 0 bridgehead atoms. The summed E-state index contributed by atoms with van der Waals surface area (Å²) in [6.45, 7) is 4.73. The van der Waals surface area contributed by atoms with E-state index in [1.807, 2.05) is 12.2 Å². The van der Waals surface area contributed by atoms with E-state index in [9.17, 15) is 13.2 Å². The number of carbonyl (C=O) groups excluding carboxylic acids is 1. The molecule has 1 heterocycles. The van der Waals surface area contributed by atoms with Gasteiger partial charge in [0, 0.05) is 24.6 Å². The predicted octanol–water partition coefficient (Wildman–Crippen LogP) is 2.77. The zero-order chi connectivity index (χ0) is 17.2. The number of hydrogen-bond acceptors (Lipinski definition) is 5. The first-order valence-corrected chi connectivity index (χ1v) is 9.45. The Labute approximate surface area is 141 Å². The summed E-state index contributed by atoms with van der Waals surface area (Å²) < 4.78 is 24.1. The zero-order valence-corrected chi connectivity index (χ0v) is 14.9. The van der Waals surface area contributed by atoms with Gasteiger partial charge in [-0.05, 0) is 53.8 Å². The Bertz CT molecular complexity index is 785. The highest BCUT2D eigenvalue weighted by Crippen LogP contribution is 2.26. The molecule has 0 spiro atoms. The Kier molecular flexibility index (Phi) is 5.26. The van der Waals surface area contributed by atoms with Gasteiger partial charge in [0.05, 0.1) is 11.4 Å². The smallest absolute Gasteiger partial charge is 0.252 e. The number of hydrogen-bond donors (Lipinski definition) is 0. The first kappa shape index (κ1) is 17.7. The molecule has 0 saturated heterocycles. The van der Waals surface area contributed by atoms with Crippen LogP contribution in [-0.4, -0.2) is 37.7 Å². The number of benzene rings is 1. The standard InChI is InChI=1S/C16H19ClN2O3S/c1-11-5-4-8-18-19(9-11)10-14-12(2)13(16(17)20)6-7-15(14)23(3,21)22/h4-8,11H,9-10H2,1-3H3. The lowest BCUT2D eigenvalue weighted by molar-refractivity contribution is 0.108. The van der Waals surface area contributed by atoms with Crippen molar-refractivity contribution in [1.82, 2.24) is 5.01 Å². The van der Waals surface area contributed by atoms with Gasteiger partial charge in [-0.2, -0.15) is 5.10 Å². The molecule has 1 atom stereocenters. The molecule has 0 aliphatic carbocycles. The van der Waals surface area contributed by atoms with Crippen molar-refractivity contribution < 1.29 is 13.2 Å². The summed E-state index contributed by atoms with van der Waals surface area (Å²) in [5.74, 6) is 0.289. The van der Waals surface area contributed by atoms with Gasteiger partial charge in [0.2, 0.25) is 0 Å². The quantitative estimate of drug-likeness (QED) is 0.780. The summed E-state index contributed by atoms with van der Waals surface area (Å²) in [6, 6.07) is 2.90. The Morgan fingerprint density at radius 3 is 2.74 bits per heavy atom. The fourth-order valence-electron chi connectivity index (χ4n) is 2.59. The number of hydrazone groups is 1. The van der Waals surface area contributed by atoms with Crippen LogP contribution in [0.25, 0.3) is 0 Å². The molecule has 1 unspecified atom stereocenters. The minimum atomic E-state index is -3.42. The van der Waals surface area contributed by atoms with E-state index in [-0.39, 0.29) is 10.8 Å². The third-order valence-corrected chi connectivity index (χ3v) is 5.15. The third-order valence-electron chi connectivity index (χ3n) is 3.76. The second-order valence-corrected chi connectivity index (χ2v) is 8.06. The van der Waals surface area contributed by atoms with Crippen molar-refractivity contribution in [3.05, 3.63) is 41.0 Å². The molecular weight excluding hydrogens is 336 g/mol. The Morgan fingerprint density at radius 2 is 2.13 bits per heavy atom. The molecule has 0 fully saturated rings. The second kappa shape index (κ2) is 6.84. The van der Waals surface area contributed by atoms with Crippen LogP contribution < -0.4 is 0 Å². The normalized spacial score (nSPS) is 18.1. The fraction of sp³-hybridized carbons (Fsp3) is 0.375. The van der Waals surface area contributed by atoms with Crippen molar-refractivity contribution in [2.45, 2.75) is 25.3 Å². The van der Waals surface area contributed by atoms with E-state index in [1.54, 1.807) is 18.1 Å². The molecule has 1 aliphatic rings. The first-order chi connectivity index (χ1) is 10.7. The molecule has 0 radical (unpaired) electrons. The number of halogens is 1.